The van der Waals surface area contributed by atoms with E-state index in [4.69, 9.17) is 9.47 Å². The van der Waals surface area contributed by atoms with Gasteiger partial charge >= 0.3 is 5.97 Å². The number of esters is 1. The number of hydrogen-bond acceptors (Lipinski definition) is 4. The predicted octanol–water partition coefficient (Wildman–Crippen LogP) is 6.77. The molecule has 0 unspecified atom stereocenters. The van der Waals surface area contributed by atoms with E-state index in [1.165, 1.54) is 57.4 Å². The summed E-state index contributed by atoms with van der Waals surface area (Å²) >= 11 is 0. The summed E-state index contributed by atoms with van der Waals surface area (Å²) in [5, 5.41) is 2.88. The van der Waals surface area contributed by atoms with Gasteiger partial charge in [0.2, 0.25) is 5.91 Å². The van der Waals surface area contributed by atoms with Crippen LogP contribution in [-0.2, 0) is 14.3 Å². The van der Waals surface area contributed by atoms with Crippen molar-refractivity contribution in [2.45, 2.75) is 85.0 Å². The Kier molecular flexibility index (Phi) is 14.1. The summed E-state index contributed by atoms with van der Waals surface area (Å²) < 4.78 is 10.5. The van der Waals surface area contributed by atoms with Gasteiger partial charge in [-0.3, -0.25) is 4.79 Å². The summed E-state index contributed by atoms with van der Waals surface area (Å²) in [5.74, 6) is 0.0353. The standard InChI is InChI=1S/C26H41NO4/c1-5-6-7-8-9-10-11-12-13-14-19-31-25(28)18-16-22-15-17-23(30-4)20-24(22)27-26(29)21(2)3/h15-18,20-21H,5-14,19H2,1-4H3,(H,27,29)/b18-16+. The SMILES string of the molecule is CCCCCCCCCCCCOC(=O)/C=C/c1ccc(OC)cc1NC(=O)C(C)C. The van der Waals surface area contributed by atoms with E-state index in [0.717, 1.165) is 18.4 Å². The average Bonchev–Trinajstić information content (AvgIpc) is 2.76. The predicted molar refractivity (Wildman–Crippen MR) is 128 cm³/mol. The molecule has 0 spiro atoms. The molecule has 0 saturated carbocycles. The van der Waals surface area contributed by atoms with E-state index in [0.29, 0.717) is 18.0 Å². The van der Waals surface area contributed by atoms with Crippen molar-refractivity contribution in [3.8, 4) is 5.75 Å². The van der Waals surface area contributed by atoms with Crippen molar-refractivity contribution >= 4 is 23.6 Å². The fraction of sp³-hybridized carbons (Fsp3) is 0.615. The molecule has 0 heterocycles. The molecule has 0 aliphatic heterocycles. The largest absolute Gasteiger partial charge is 0.497 e. The molecule has 0 fully saturated rings. The van der Waals surface area contributed by atoms with Crippen LogP contribution in [0.5, 0.6) is 5.75 Å². The number of carbonyl (C=O) groups excluding carboxylic acids is 2. The Morgan fingerprint density at radius 1 is 0.968 bits per heavy atom. The van der Waals surface area contributed by atoms with E-state index in [1.54, 1.807) is 31.4 Å². The Morgan fingerprint density at radius 2 is 1.58 bits per heavy atom. The number of anilines is 1. The number of benzene rings is 1. The van der Waals surface area contributed by atoms with E-state index in [9.17, 15) is 9.59 Å². The molecule has 1 rings (SSSR count). The highest BCUT2D eigenvalue weighted by atomic mass is 16.5. The molecule has 174 valence electrons. The molecule has 5 heteroatoms. The average molecular weight is 432 g/mol. The molecule has 0 aliphatic rings. The molecule has 1 amide bonds. The first kappa shape index (κ1) is 26.7. The van der Waals surface area contributed by atoms with Gasteiger partial charge in [-0.1, -0.05) is 78.6 Å². The van der Waals surface area contributed by atoms with Crippen LogP contribution in [0.15, 0.2) is 24.3 Å². The zero-order valence-electron chi connectivity index (χ0n) is 19.9. The van der Waals surface area contributed by atoms with Gasteiger partial charge in [0.25, 0.3) is 0 Å². The molecule has 1 aromatic rings. The summed E-state index contributed by atoms with van der Waals surface area (Å²) in [6.07, 6.45) is 15.5. The van der Waals surface area contributed by atoms with Crippen LogP contribution >= 0.6 is 0 Å². The molecular formula is C26H41NO4. The molecule has 1 N–H and O–H groups in total. The third-order valence-corrected chi connectivity index (χ3v) is 5.18. The normalized spacial score (nSPS) is 11.1. The first-order valence-corrected chi connectivity index (χ1v) is 11.8. The van der Waals surface area contributed by atoms with Gasteiger partial charge in [0.15, 0.2) is 0 Å². The van der Waals surface area contributed by atoms with Gasteiger partial charge in [-0.25, -0.2) is 4.79 Å². The molecule has 31 heavy (non-hydrogen) atoms. The van der Waals surface area contributed by atoms with Gasteiger partial charge in [-0.05, 0) is 30.2 Å². The summed E-state index contributed by atoms with van der Waals surface area (Å²) in [6.45, 7) is 6.34. The van der Waals surface area contributed by atoms with Gasteiger partial charge < -0.3 is 14.8 Å². The van der Waals surface area contributed by atoms with Gasteiger partial charge in [-0.2, -0.15) is 0 Å². The third kappa shape index (κ3) is 12.2. The maximum atomic E-state index is 12.1. The highest BCUT2D eigenvalue weighted by molar-refractivity contribution is 5.95. The van der Waals surface area contributed by atoms with Crippen LogP contribution < -0.4 is 10.1 Å². The van der Waals surface area contributed by atoms with E-state index in [1.807, 2.05) is 13.8 Å². The molecule has 0 atom stereocenters. The molecule has 5 nitrogen and oxygen atoms in total. The molecule has 0 aliphatic carbocycles. The summed E-state index contributed by atoms with van der Waals surface area (Å²) in [6, 6.07) is 5.34. The highest BCUT2D eigenvalue weighted by Crippen LogP contribution is 2.24. The number of unbranched alkanes of at least 4 members (excludes halogenated alkanes) is 9. The Bertz CT molecular complexity index is 682. The smallest absolute Gasteiger partial charge is 0.330 e. The van der Waals surface area contributed by atoms with Crippen molar-refractivity contribution < 1.29 is 19.1 Å². The lowest BCUT2D eigenvalue weighted by molar-refractivity contribution is -0.137. The molecule has 0 aromatic heterocycles. The number of amides is 1. The van der Waals surface area contributed by atoms with Gasteiger partial charge in [-0.15, -0.1) is 0 Å². The monoisotopic (exact) mass is 431 g/mol. The van der Waals surface area contributed by atoms with E-state index in [-0.39, 0.29) is 17.8 Å². The molecule has 0 saturated heterocycles. The Labute approximate surface area is 188 Å². The summed E-state index contributed by atoms with van der Waals surface area (Å²) in [5.41, 5.74) is 1.34. The van der Waals surface area contributed by atoms with Gasteiger partial charge in [0, 0.05) is 18.1 Å². The minimum atomic E-state index is -0.368. The number of nitrogens with one attached hydrogen (secondary N) is 1. The fourth-order valence-corrected chi connectivity index (χ4v) is 3.16. The lowest BCUT2D eigenvalue weighted by Gasteiger charge is -2.12. The van der Waals surface area contributed by atoms with Crippen LogP contribution in [0.3, 0.4) is 0 Å². The van der Waals surface area contributed by atoms with Crippen LogP contribution in [0.25, 0.3) is 6.08 Å². The van der Waals surface area contributed by atoms with Crippen LogP contribution in [0.1, 0.15) is 90.5 Å². The van der Waals surface area contributed by atoms with Crippen molar-refractivity contribution in [3.05, 3.63) is 29.8 Å². The summed E-state index contributed by atoms with van der Waals surface area (Å²) in [7, 11) is 1.57. The van der Waals surface area contributed by atoms with Gasteiger partial charge in [0.05, 0.1) is 19.4 Å². The second kappa shape index (κ2) is 16.4. The molecule has 0 radical (unpaired) electrons. The lowest BCUT2D eigenvalue weighted by Crippen LogP contribution is -2.18. The topological polar surface area (TPSA) is 64.6 Å². The number of ether oxygens (including phenoxy) is 2. The minimum Gasteiger partial charge on any atom is -0.497 e. The van der Waals surface area contributed by atoms with Crippen LogP contribution in [0, 0.1) is 5.92 Å². The maximum Gasteiger partial charge on any atom is 0.330 e. The fourth-order valence-electron chi connectivity index (χ4n) is 3.16. The number of hydrogen-bond donors (Lipinski definition) is 1. The summed E-state index contributed by atoms with van der Waals surface area (Å²) in [4.78, 5) is 24.1. The Morgan fingerprint density at radius 3 is 2.16 bits per heavy atom. The van der Waals surface area contributed by atoms with Crippen molar-refractivity contribution in [1.82, 2.24) is 0 Å². The van der Waals surface area contributed by atoms with E-state index >= 15 is 0 Å². The third-order valence-electron chi connectivity index (χ3n) is 5.18. The highest BCUT2D eigenvalue weighted by Gasteiger charge is 2.10. The number of methoxy groups -OCH3 is 1. The first-order chi connectivity index (χ1) is 15.0. The van der Waals surface area contributed by atoms with Crippen LogP contribution in [-0.4, -0.2) is 25.6 Å². The second-order valence-electron chi connectivity index (χ2n) is 8.28. The van der Waals surface area contributed by atoms with E-state index in [2.05, 4.69) is 12.2 Å². The quantitative estimate of drug-likeness (QED) is 0.178. The molecular weight excluding hydrogens is 390 g/mol. The maximum absolute atomic E-state index is 12.1. The molecule has 1 aromatic carbocycles. The molecule has 0 bridgehead atoms. The second-order valence-corrected chi connectivity index (χ2v) is 8.28. The van der Waals surface area contributed by atoms with Crippen molar-refractivity contribution in [2.75, 3.05) is 19.0 Å². The van der Waals surface area contributed by atoms with Crippen LogP contribution in [0.2, 0.25) is 0 Å². The zero-order chi connectivity index (χ0) is 22.9. The minimum absolute atomic E-state index is 0.0913. The lowest BCUT2D eigenvalue weighted by atomic mass is 10.1. The van der Waals surface area contributed by atoms with Gasteiger partial charge in [0.1, 0.15) is 5.75 Å². The van der Waals surface area contributed by atoms with Crippen molar-refractivity contribution in [1.29, 1.82) is 0 Å². The van der Waals surface area contributed by atoms with E-state index < -0.39 is 0 Å². The Hall–Kier alpha value is -2.30. The number of carbonyl (C=O) groups is 2. The van der Waals surface area contributed by atoms with Crippen molar-refractivity contribution in [3.63, 3.8) is 0 Å². The number of rotatable bonds is 16. The zero-order valence-corrected chi connectivity index (χ0v) is 19.9. The Balaban J connectivity index is 2.34. The van der Waals surface area contributed by atoms with Crippen molar-refractivity contribution in [2.24, 2.45) is 5.92 Å². The first-order valence-electron chi connectivity index (χ1n) is 11.8. The van der Waals surface area contributed by atoms with Crippen LogP contribution in [0.4, 0.5) is 5.69 Å².